The monoisotopic (exact) mass is 279 g/mol. The van der Waals surface area contributed by atoms with E-state index in [2.05, 4.69) is 15.5 Å². The maximum atomic E-state index is 11.3. The topological polar surface area (TPSA) is 86.7 Å². The third-order valence-corrected chi connectivity index (χ3v) is 3.84. The highest BCUT2D eigenvalue weighted by Crippen LogP contribution is 2.25. The highest BCUT2D eigenvalue weighted by Gasteiger charge is 2.17. The molecule has 0 aliphatic rings. The van der Waals surface area contributed by atoms with Gasteiger partial charge in [-0.1, -0.05) is 6.07 Å². The second-order valence-electron chi connectivity index (χ2n) is 4.61. The fourth-order valence-electron chi connectivity index (χ4n) is 1.96. The van der Waals surface area contributed by atoms with Gasteiger partial charge in [0.1, 0.15) is 0 Å². The van der Waals surface area contributed by atoms with Gasteiger partial charge >= 0.3 is 0 Å². The van der Waals surface area contributed by atoms with Crippen molar-refractivity contribution in [2.45, 2.75) is 19.9 Å². The zero-order chi connectivity index (χ0) is 14.0. The molecule has 0 bridgehead atoms. The molecule has 1 aromatic carbocycles. The lowest BCUT2D eigenvalue weighted by Crippen LogP contribution is -2.15. The van der Waals surface area contributed by atoms with Gasteiger partial charge < -0.3 is 5.73 Å². The Bertz CT molecular complexity index is 610. The number of hydrogen-bond acceptors (Lipinski definition) is 5. The Balaban J connectivity index is 2.44. The van der Waals surface area contributed by atoms with Gasteiger partial charge in [0.2, 0.25) is 0 Å². The zero-order valence-electron chi connectivity index (χ0n) is 11.2. The van der Waals surface area contributed by atoms with Gasteiger partial charge in [0.15, 0.2) is 5.82 Å². The summed E-state index contributed by atoms with van der Waals surface area (Å²) in [4.78, 5) is 0. The van der Waals surface area contributed by atoms with Gasteiger partial charge in [-0.05, 0) is 42.0 Å². The van der Waals surface area contributed by atoms with Crippen LogP contribution in [0.25, 0.3) is 11.4 Å². The summed E-state index contributed by atoms with van der Waals surface area (Å²) in [5, 5.41) is 11.8. The molecule has 0 saturated carbocycles. The lowest BCUT2D eigenvalue weighted by molar-refractivity contribution is 0.521. The number of benzene rings is 1. The van der Waals surface area contributed by atoms with Crippen LogP contribution in [-0.2, 0) is 10.8 Å². The molecule has 102 valence electrons. The van der Waals surface area contributed by atoms with E-state index in [1.54, 1.807) is 10.9 Å². The lowest BCUT2D eigenvalue weighted by atomic mass is 10.1. The Hall–Kier alpha value is -1.76. The van der Waals surface area contributed by atoms with Crippen LogP contribution in [0, 0.1) is 6.92 Å². The summed E-state index contributed by atoms with van der Waals surface area (Å²) in [6, 6.07) is 5.61. The molecule has 19 heavy (non-hydrogen) atoms. The molecule has 1 aromatic heterocycles. The van der Waals surface area contributed by atoms with Gasteiger partial charge in [-0.2, -0.15) is 0 Å². The number of aryl methyl sites for hydroxylation is 1. The van der Waals surface area contributed by atoms with E-state index in [1.165, 1.54) is 0 Å². The summed E-state index contributed by atoms with van der Waals surface area (Å²) in [5.41, 5.74) is 8.44. The van der Waals surface area contributed by atoms with Crippen molar-refractivity contribution < 1.29 is 4.21 Å². The number of nitrogens with zero attached hydrogens (tertiary/aromatic N) is 4. The lowest BCUT2D eigenvalue weighted by Gasteiger charge is -2.13. The van der Waals surface area contributed by atoms with Gasteiger partial charge in [0.05, 0.1) is 6.04 Å². The van der Waals surface area contributed by atoms with Crippen molar-refractivity contribution in [1.29, 1.82) is 0 Å². The Morgan fingerprint density at radius 2 is 2.21 bits per heavy atom. The third-order valence-electron chi connectivity index (χ3n) is 2.89. The first-order valence-corrected chi connectivity index (χ1v) is 7.66. The Kier molecular flexibility index (Phi) is 3.94. The van der Waals surface area contributed by atoms with E-state index in [0.29, 0.717) is 17.3 Å². The van der Waals surface area contributed by atoms with Crippen LogP contribution in [0.3, 0.4) is 0 Å². The largest absolute Gasteiger partial charge is 0.399 e. The van der Waals surface area contributed by atoms with E-state index in [0.717, 1.165) is 11.1 Å². The van der Waals surface area contributed by atoms with Crippen molar-refractivity contribution in [2.75, 3.05) is 17.7 Å². The first-order valence-electron chi connectivity index (χ1n) is 5.93. The van der Waals surface area contributed by atoms with Crippen LogP contribution in [0.2, 0.25) is 0 Å². The van der Waals surface area contributed by atoms with Crippen molar-refractivity contribution in [3.63, 3.8) is 0 Å². The first-order chi connectivity index (χ1) is 8.99. The van der Waals surface area contributed by atoms with Crippen molar-refractivity contribution >= 4 is 16.5 Å². The van der Waals surface area contributed by atoms with Gasteiger partial charge in [0.25, 0.3) is 0 Å². The normalized spacial score (nSPS) is 14.3. The van der Waals surface area contributed by atoms with Crippen molar-refractivity contribution in [2.24, 2.45) is 0 Å². The molecule has 6 nitrogen and oxygen atoms in total. The molecule has 0 radical (unpaired) electrons. The van der Waals surface area contributed by atoms with Crippen LogP contribution in [0.15, 0.2) is 18.2 Å². The number of nitrogen functional groups attached to an aromatic ring is 1. The van der Waals surface area contributed by atoms with Crippen molar-refractivity contribution in [3.8, 4) is 11.4 Å². The molecular formula is C12H17N5OS. The number of aromatic nitrogens is 4. The summed E-state index contributed by atoms with van der Waals surface area (Å²) < 4.78 is 13.0. The van der Waals surface area contributed by atoms with Gasteiger partial charge in [-0.3, -0.25) is 4.21 Å². The molecule has 0 fully saturated rings. The van der Waals surface area contributed by atoms with Gasteiger partial charge in [-0.25, -0.2) is 4.68 Å². The highest BCUT2D eigenvalue weighted by atomic mass is 32.2. The first kappa shape index (κ1) is 13.7. The van der Waals surface area contributed by atoms with Gasteiger partial charge in [0, 0.05) is 34.1 Å². The standard InChI is InChI=1S/C12H17N5OS/c1-8-4-5-10(13)6-11(8)12-14-15-16-17(12)9(2)7-19(3)18/h4-6,9H,7,13H2,1-3H3. The second kappa shape index (κ2) is 5.48. The minimum Gasteiger partial charge on any atom is -0.399 e. The molecule has 7 heteroatoms. The average Bonchev–Trinajstić information content (AvgIpc) is 2.80. The molecule has 2 rings (SSSR count). The SMILES string of the molecule is Cc1ccc(N)cc1-c1nnnn1C(C)CS(C)=O. The highest BCUT2D eigenvalue weighted by molar-refractivity contribution is 7.84. The maximum absolute atomic E-state index is 11.3. The van der Waals surface area contributed by atoms with Crippen LogP contribution in [0.1, 0.15) is 18.5 Å². The summed E-state index contributed by atoms with van der Waals surface area (Å²) in [7, 11) is -0.896. The third kappa shape index (κ3) is 2.98. The maximum Gasteiger partial charge on any atom is 0.182 e. The van der Waals surface area contributed by atoms with E-state index in [-0.39, 0.29) is 6.04 Å². The molecule has 0 amide bonds. The summed E-state index contributed by atoms with van der Waals surface area (Å²) >= 11 is 0. The summed E-state index contributed by atoms with van der Waals surface area (Å²) in [5.74, 6) is 1.17. The molecule has 0 spiro atoms. The quantitative estimate of drug-likeness (QED) is 0.849. The van der Waals surface area contributed by atoms with Crippen molar-refractivity contribution in [3.05, 3.63) is 23.8 Å². The summed E-state index contributed by atoms with van der Waals surface area (Å²) in [6.07, 6.45) is 1.67. The van der Waals surface area contributed by atoms with E-state index >= 15 is 0 Å². The molecule has 0 aliphatic carbocycles. The van der Waals surface area contributed by atoms with E-state index in [4.69, 9.17) is 5.73 Å². The molecule has 0 saturated heterocycles. The molecule has 2 atom stereocenters. The Labute approximate surface area is 114 Å². The number of anilines is 1. The van der Waals surface area contributed by atoms with Crippen LogP contribution in [-0.4, -0.2) is 36.4 Å². The number of nitrogens with two attached hydrogens (primary N) is 1. The van der Waals surface area contributed by atoms with Crippen LogP contribution >= 0.6 is 0 Å². The van der Waals surface area contributed by atoms with Crippen LogP contribution < -0.4 is 5.73 Å². The van der Waals surface area contributed by atoms with Crippen LogP contribution in [0.4, 0.5) is 5.69 Å². The number of hydrogen-bond donors (Lipinski definition) is 1. The summed E-state index contributed by atoms with van der Waals surface area (Å²) in [6.45, 7) is 3.93. The van der Waals surface area contributed by atoms with Crippen LogP contribution in [0.5, 0.6) is 0 Å². The molecule has 2 N–H and O–H groups in total. The molecular weight excluding hydrogens is 262 g/mol. The minimum atomic E-state index is -0.896. The Morgan fingerprint density at radius 1 is 1.47 bits per heavy atom. The smallest absolute Gasteiger partial charge is 0.182 e. The molecule has 1 heterocycles. The van der Waals surface area contributed by atoms with Gasteiger partial charge in [-0.15, -0.1) is 5.10 Å². The minimum absolute atomic E-state index is 0.0309. The Morgan fingerprint density at radius 3 is 2.89 bits per heavy atom. The predicted octanol–water partition coefficient (Wildman–Crippen LogP) is 1.17. The second-order valence-corrected chi connectivity index (χ2v) is 6.09. The van der Waals surface area contributed by atoms with E-state index < -0.39 is 10.8 Å². The van der Waals surface area contributed by atoms with Crippen molar-refractivity contribution in [1.82, 2.24) is 20.2 Å². The fraction of sp³-hybridized carbons (Fsp3) is 0.417. The van der Waals surface area contributed by atoms with E-state index in [9.17, 15) is 4.21 Å². The molecule has 2 unspecified atom stereocenters. The number of tetrazole rings is 1. The molecule has 2 aromatic rings. The fourth-order valence-corrected chi connectivity index (χ4v) is 2.78. The molecule has 0 aliphatic heterocycles. The zero-order valence-corrected chi connectivity index (χ0v) is 12.0. The average molecular weight is 279 g/mol. The number of rotatable bonds is 4. The predicted molar refractivity (Wildman–Crippen MR) is 76.0 cm³/mol. The van der Waals surface area contributed by atoms with E-state index in [1.807, 2.05) is 32.0 Å².